The van der Waals surface area contributed by atoms with Crippen LogP contribution < -0.4 is 5.63 Å². The highest BCUT2D eigenvalue weighted by Gasteiger charge is 2.12. The molecule has 0 fully saturated rings. The third kappa shape index (κ3) is 2.68. The number of rotatable bonds is 2. The second-order valence-corrected chi connectivity index (χ2v) is 6.19. The smallest absolute Gasteiger partial charge is 0.354 e. The zero-order valence-corrected chi connectivity index (χ0v) is 14.2. The van der Waals surface area contributed by atoms with E-state index in [4.69, 9.17) is 4.42 Å². The van der Waals surface area contributed by atoms with Crippen molar-refractivity contribution in [1.29, 1.82) is 5.26 Å². The monoisotopic (exact) mass is 337 g/mol. The summed E-state index contributed by atoms with van der Waals surface area (Å²) in [5.74, 6) is 0. The molecule has 3 aromatic carbocycles. The zero-order valence-electron chi connectivity index (χ0n) is 14.2. The first kappa shape index (κ1) is 15.9. The Morgan fingerprint density at radius 2 is 1.77 bits per heavy atom. The van der Waals surface area contributed by atoms with Gasteiger partial charge in [0, 0.05) is 10.9 Å². The lowest BCUT2D eigenvalue weighted by atomic mass is 10.00. The van der Waals surface area contributed by atoms with Gasteiger partial charge in [-0.1, -0.05) is 66.2 Å². The fourth-order valence-corrected chi connectivity index (χ4v) is 3.19. The molecule has 0 bridgehead atoms. The topological polar surface area (TPSA) is 54.0 Å². The molecular formula is C23H15NO2. The molecule has 4 aromatic rings. The maximum atomic E-state index is 12.2. The van der Waals surface area contributed by atoms with Crippen LogP contribution in [0.5, 0.6) is 0 Å². The van der Waals surface area contributed by atoms with E-state index < -0.39 is 5.63 Å². The lowest BCUT2D eigenvalue weighted by Crippen LogP contribution is -2.06. The van der Waals surface area contributed by atoms with Crippen molar-refractivity contribution in [3.8, 4) is 6.07 Å². The van der Waals surface area contributed by atoms with Crippen molar-refractivity contribution < 1.29 is 4.42 Å². The molecule has 26 heavy (non-hydrogen) atoms. The van der Waals surface area contributed by atoms with Gasteiger partial charge in [-0.25, -0.2) is 4.79 Å². The fourth-order valence-electron chi connectivity index (χ4n) is 3.19. The van der Waals surface area contributed by atoms with Crippen LogP contribution in [0.4, 0.5) is 0 Å². The van der Waals surface area contributed by atoms with Crippen molar-refractivity contribution in [2.45, 2.75) is 6.92 Å². The Bertz CT molecular complexity index is 1270. The zero-order chi connectivity index (χ0) is 18.1. The first-order chi connectivity index (χ1) is 12.7. The highest BCUT2D eigenvalue weighted by atomic mass is 16.4. The Balaban J connectivity index is 1.97. The Morgan fingerprint density at radius 1 is 0.962 bits per heavy atom. The third-order valence-corrected chi connectivity index (χ3v) is 4.47. The Hall–Kier alpha value is -3.64. The standard InChI is InChI=1S/C23H15NO2/c1-15-9-12-22-20(13-15)19(21(14-24)23(25)26-22)11-10-17-7-4-6-16-5-2-3-8-18(16)17/h2-13H,1H3. The van der Waals surface area contributed by atoms with Gasteiger partial charge in [-0.15, -0.1) is 0 Å². The van der Waals surface area contributed by atoms with Crippen LogP contribution in [0.25, 0.3) is 33.9 Å². The average Bonchev–Trinajstić information content (AvgIpc) is 2.66. The molecule has 1 aromatic heterocycles. The second kappa shape index (κ2) is 6.34. The molecule has 0 N–H and O–H groups in total. The number of nitrogens with zero attached hydrogens (tertiary/aromatic N) is 1. The molecule has 0 radical (unpaired) electrons. The number of nitriles is 1. The van der Waals surface area contributed by atoms with Crippen LogP contribution in [0.3, 0.4) is 0 Å². The summed E-state index contributed by atoms with van der Waals surface area (Å²) >= 11 is 0. The van der Waals surface area contributed by atoms with Crippen molar-refractivity contribution >= 4 is 33.9 Å². The van der Waals surface area contributed by atoms with Gasteiger partial charge in [-0.2, -0.15) is 5.26 Å². The van der Waals surface area contributed by atoms with Crippen LogP contribution in [0.2, 0.25) is 0 Å². The van der Waals surface area contributed by atoms with Crippen molar-refractivity contribution in [3.05, 3.63) is 93.3 Å². The summed E-state index contributed by atoms with van der Waals surface area (Å²) in [6, 6.07) is 21.8. The van der Waals surface area contributed by atoms with Gasteiger partial charge < -0.3 is 4.42 Å². The van der Waals surface area contributed by atoms with E-state index in [-0.39, 0.29) is 5.56 Å². The lowest BCUT2D eigenvalue weighted by Gasteiger charge is -2.05. The number of hydrogen-bond acceptors (Lipinski definition) is 3. The van der Waals surface area contributed by atoms with E-state index in [9.17, 15) is 10.1 Å². The molecule has 4 rings (SSSR count). The van der Waals surface area contributed by atoms with Crippen LogP contribution in [0, 0.1) is 18.3 Å². The highest BCUT2D eigenvalue weighted by molar-refractivity contribution is 5.96. The summed E-state index contributed by atoms with van der Waals surface area (Å²) in [5.41, 5.74) is 2.56. The normalized spacial score (nSPS) is 11.2. The summed E-state index contributed by atoms with van der Waals surface area (Å²) in [6.07, 6.45) is 3.78. The second-order valence-electron chi connectivity index (χ2n) is 6.19. The molecule has 0 aliphatic carbocycles. The van der Waals surface area contributed by atoms with E-state index in [0.717, 1.165) is 27.3 Å². The quantitative estimate of drug-likeness (QED) is 0.467. The van der Waals surface area contributed by atoms with Crippen LogP contribution in [-0.2, 0) is 0 Å². The van der Waals surface area contributed by atoms with Gasteiger partial charge in [0.25, 0.3) is 0 Å². The van der Waals surface area contributed by atoms with Crippen LogP contribution in [0.15, 0.2) is 69.9 Å². The van der Waals surface area contributed by atoms with Crippen molar-refractivity contribution in [2.75, 3.05) is 0 Å². The molecule has 0 amide bonds. The largest absolute Gasteiger partial charge is 0.422 e. The molecule has 3 heteroatoms. The number of benzene rings is 3. The van der Waals surface area contributed by atoms with Crippen molar-refractivity contribution in [1.82, 2.24) is 0 Å². The van der Waals surface area contributed by atoms with Gasteiger partial charge >= 0.3 is 5.63 Å². The Labute approximate surface area is 150 Å². The minimum atomic E-state index is -0.610. The molecule has 0 unspecified atom stereocenters. The molecule has 0 saturated heterocycles. The Kier molecular flexibility index (Phi) is 3.87. The molecule has 0 atom stereocenters. The fraction of sp³-hybridized carbons (Fsp3) is 0.0435. The van der Waals surface area contributed by atoms with Gasteiger partial charge in [0.2, 0.25) is 0 Å². The average molecular weight is 337 g/mol. The van der Waals surface area contributed by atoms with Crippen LogP contribution in [0.1, 0.15) is 22.3 Å². The van der Waals surface area contributed by atoms with E-state index in [0.29, 0.717) is 11.1 Å². The minimum Gasteiger partial charge on any atom is -0.422 e. The summed E-state index contributed by atoms with van der Waals surface area (Å²) in [6.45, 7) is 1.97. The summed E-state index contributed by atoms with van der Waals surface area (Å²) < 4.78 is 5.29. The van der Waals surface area contributed by atoms with Gasteiger partial charge in [0.1, 0.15) is 17.2 Å². The molecular weight excluding hydrogens is 322 g/mol. The van der Waals surface area contributed by atoms with Gasteiger partial charge in [-0.05, 0) is 35.4 Å². The summed E-state index contributed by atoms with van der Waals surface area (Å²) in [5, 5.41) is 12.5. The first-order valence-corrected chi connectivity index (χ1v) is 8.31. The molecule has 0 aliphatic heterocycles. The van der Waals surface area contributed by atoms with Gasteiger partial charge in [0.05, 0.1) is 0 Å². The molecule has 0 saturated carbocycles. The predicted molar refractivity (Wildman–Crippen MR) is 105 cm³/mol. The SMILES string of the molecule is Cc1ccc2oc(=O)c(C#N)c(C=Cc3cccc4ccccc34)c2c1. The van der Waals surface area contributed by atoms with E-state index in [1.165, 1.54) is 0 Å². The van der Waals surface area contributed by atoms with Crippen LogP contribution >= 0.6 is 0 Å². The third-order valence-electron chi connectivity index (χ3n) is 4.47. The van der Waals surface area contributed by atoms with E-state index in [1.807, 2.05) is 61.5 Å². The van der Waals surface area contributed by atoms with Gasteiger partial charge in [-0.3, -0.25) is 0 Å². The maximum absolute atomic E-state index is 12.2. The van der Waals surface area contributed by atoms with Crippen molar-refractivity contribution in [2.24, 2.45) is 0 Å². The van der Waals surface area contributed by atoms with Crippen LogP contribution in [-0.4, -0.2) is 0 Å². The highest BCUT2D eigenvalue weighted by Crippen LogP contribution is 2.25. The number of fused-ring (bicyclic) bond motifs is 2. The van der Waals surface area contributed by atoms with E-state index >= 15 is 0 Å². The maximum Gasteiger partial charge on any atom is 0.354 e. The minimum absolute atomic E-state index is 0.0274. The molecule has 3 nitrogen and oxygen atoms in total. The van der Waals surface area contributed by atoms with E-state index in [2.05, 4.69) is 18.2 Å². The van der Waals surface area contributed by atoms with E-state index in [1.54, 1.807) is 6.07 Å². The van der Waals surface area contributed by atoms with Gasteiger partial charge in [0.15, 0.2) is 0 Å². The lowest BCUT2D eigenvalue weighted by molar-refractivity contribution is 0.558. The molecule has 0 spiro atoms. The molecule has 124 valence electrons. The number of aryl methyl sites for hydroxylation is 1. The Morgan fingerprint density at radius 3 is 2.62 bits per heavy atom. The number of hydrogen-bond donors (Lipinski definition) is 0. The van der Waals surface area contributed by atoms with Crippen molar-refractivity contribution in [3.63, 3.8) is 0 Å². The predicted octanol–water partition coefficient (Wildman–Crippen LogP) is 5.30. The first-order valence-electron chi connectivity index (χ1n) is 8.31. The summed E-state index contributed by atoms with van der Waals surface area (Å²) in [4.78, 5) is 12.2. The molecule has 0 aliphatic rings. The molecule has 1 heterocycles. The summed E-state index contributed by atoms with van der Waals surface area (Å²) in [7, 11) is 0.